The van der Waals surface area contributed by atoms with Crippen LogP contribution >= 0.6 is 0 Å². The second-order valence-corrected chi connectivity index (χ2v) is 8.21. The summed E-state index contributed by atoms with van der Waals surface area (Å²) in [6.07, 6.45) is 1.42. The highest BCUT2D eigenvalue weighted by atomic mass is 32.2. The molecule has 128 valence electrons. The fourth-order valence-corrected chi connectivity index (χ4v) is 4.13. The minimum Gasteiger partial charge on any atom is -0.348 e. The van der Waals surface area contributed by atoms with Crippen LogP contribution in [-0.4, -0.2) is 38.4 Å². The van der Waals surface area contributed by atoms with Crippen LogP contribution < -0.4 is 10.6 Å². The lowest BCUT2D eigenvalue weighted by molar-refractivity contribution is -0.125. The molecule has 1 unspecified atom stereocenters. The van der Waals surface area contributed by atoms with Gasteiger partial charge in [-0.3, -0.25) is 4.79 Å². The maximum atomic E-state index is 13.3. The number of sulfone groups is 1. The van der Waals surface area contributed by atoms with Crippen LogP contribution in [0.5, 0.6) is 0 Å². The Morgan fingerprint density at radius 1 is 1.26 bits per heavy atom. The third-order valence-corrected chi connectivity index (χ3v) is 6.34. The van der Waals surface area contributed by atoms with E-state index in [1.807, 2.05) is 0 Å². The summed E-state index contributed by atoms with van der Waals surface area (Å²) >= 11 is 0. The highest BCUT2D eigenvalue weighted by Gasteiger charge is 2.48. The number of benzene rings is 1. The van der Waals surface area contributed by atoms with Crippen LogP contribution in [0.4, 0.5) is 8.78 Å². The van der Waals surface area contributed by atoms with Gasteiger partial charge in [-0.2, -0.15) is 0 Å². The summed E-state index contributed by atoms with van der Waals surface area (Å²) in [7, 11) is -3.62. The number of halogens is 2. The second-order valence-electron chi connectivity index (χ2n) is 5.89. The molecule has 1 aromatic carbocycles. The van der Waals surface area contributed by atoms with Gasteiger partial charge in [-0.05, 0) is 50.6 Å². The molecule has 2 N–H and O–H groups in total. The molecule has 1 aliphatic rings. The van der Waals surface area contributed by atoms with Crippen molar-refractivity contribution in [2.45, 2.75) is 30.6 Å². The van der Waals surface area contributed by atoms with Crippen molar-refractivity contribution in [3.63, 3.8) is 0 Å². The molecule has 1 amide bonds. The van der Waals surface area contributed by atoms with Gasteiger partial charge in [-0.15, -0.1) is 0 Å². The van der Waals surface area contributed by atoms with Crippen molar-refractivity contribution in [2.75, 3.05) is 19.3 Å². The summed E-state index contributed by atoms with van der Waals surface area (Å²) in [5.41, 5.74) is 0.370. The second kappa shape index (κ2) is 6.52. The lowest BCUT2D eigenvalue weighted by atomic mass is 9.95. The van der Waals surface area contributed by atoms with Crippen molar-refractivity contribution in [1.29, 1.82) is 0 Å². The Hall–Kier alpha value is -1.54. The van der Waals surface area contributed by atoms with Crippen LogP contribution in [0.1, 0.15) is 31.4 Å². The summed E-state index contributed by atoms with van der Waals surface area (Å²) in [6.45, 7) is 2.46. The molecule has 1 aliphatic heterocycles. The van der Waals surface area contributed by atoms with Gasteiger partial charge in [-0.25, -0.2) is 17.2 Å². The largest absolute Gasteiger partial charge is 0.348 e. The molecule has 0 saturated carbocycles. The summed E-state index contributed by atoms with van der Waals surface area (Å²) in [6, 6.07) is 2.70. The number of carbonyl (C=O) groups excluding carboxylic acids is 1. The zero-order valence-electron chi connectivity index (χ0n) is 13.0. The topological polar surface area (TPSA) is 75.3 Å². The van der Waals surface area contributed by atoms with Crippen LogP contribution in [0.3, 0.4) is 0 Å². The third-order valence-electron chi connectivity index (χ3n) is 4.33. The van der Waals surface area contributed by atoms with Crippen molar-refractivity contribution in [3.8, 4) is 0 Å². The highest BCUT2D eigenvalue weighted by Crippen LogP contribution is 2.29. The molecule has 23 heavy (non-hydrogen) atoms. The molecule has 2 rings (SSSR count). The number of nitrogens with one attached hydrogen (secondary N) is 2. The number of rotatable bonds is 4. The SMILES string of the molecule is CC(NC(=O)C1(S(C)(=O)=O)CCNCC1)c1ccc(F)c(F)c1. The van der Waals surface area contributed by atoms with E-state index in [9.17, 15) is 22.0 Å². The standard InChI is InChI=1S/C15H20F2N2O3S/c1-10(11-3-4-12(16)13(17)9-11)19-14(20)15(23(2,21)22)5-7-18-8-6-15/h3-4,9-10,18H,5-8H2,1-2H3,(H,19,20). The van der Waals surface area contributed by atoms with Gasteiger partial charge >= 0.3 is 0 Å². The van der Waals surface area contributed by atoms with Crippen molar-refractivity contribution in [3.05, 3.63) is 35.4 Å². The number of hydrogen-bond acceptors (Lipinski definition) is 4. The van der Waals surface area contributed by atoms with E-state index in [1.54, 1.807) is 6.92 Å². The maximum Gasteiger partial charge on any atom is 0.242 e. The molecule has 1 aromatic rings. The average Bonchev–Trinajstić information content (AvgIpc) is 2.49. The number of hydrogen-bond donors (Lipinski definition) is 2. The molecule has 1 heterocycles. The molecule has 1 atom stereocenters. The molecule has 5 nitrogen and oxygen atoms in total. The summed E-state index contributed by atoms with van der Waals surface area (Å²) < 4.78 is 49.1. The molecule has 0 aliphatic carbocycles. The van der Waals surface area contributed by atoms with Crippen molar-refractivity contribution < 1.29 is 22.0 Å². The Balaban J connectivity index is 2.23. The molecular formula is C15H20F2N2O3S. The summed E-state index contributed by atoms with van der Waals surface area (Å²) in [5, 5.41) is 5.65. The lowest BCUT2D eigenvalue weighted by Crippen LogP contribution is -2.57. The van der Waals surface area contributed by atoms with Crippen LogP contribution in [0.15, 0.2) is 18.2 Å². The van der Waals surface area contributed by atoms with Gasteiger partial charge in [0.1, 0.15) is 0 Å². The Labute approximate surface area is 134 Å². The highest BCUT2D eigenvalue weighted by molar-refractivity contribution is 7.92. The maximum absolute atomic E-state index is 13.3. The number of piperidine rings is 1. The monoisotopic (exact) mass is 346 g/mol. The molecule has 0 aromatic heterocycles. The Morgan fingerprint density at radius 3 is 2.39 bits per heavy atom. The minimum atomic E-state index is -3.62. The van der Waals surface area contributed by atoms with Gasteiger partial charge in [0.25, 0.3) is 0 Å². The first-order valence-corrected chi connectivity index (χ1v) is 9.23. The Bertz CT molecular complexity index is 701. The average molecular weight is 346 g/mol. The molecule has 8 heteroatoms. The van der Waals surface area contributed by atoms with E-state index in [4.69, 9.17) is 0 Å². The van der Waals surface area contributed by atoms with Crippen molar-refractivity contribution >= 4 is 15.7 Å². The van der Waals surface area contributed by atoms with E-state index in [1.165, 1.54) is 6.07 Å². The van der Waals surface area contributed by atoms with Crippen LogP contribution in [0.2, 0.25) is 0 Å². The first-order chi connectivity index (χ1) is 10.7. The van der Waals surface area contributed by atoms with Crippen LogP contribution in [-0.2, 0) is 14.6 Å². The predicted molar refractivity (Wildman–Crippen MR) is 82.6 cm³/mol. The van der Waals surface area contributed by atoms with Gasteiger partial charge in [0.2, 0.25) is 5.91 Å². The molecule has 1 fully saturated rings. The third kappa shape index (κ3) is 3.53. The van der Waals surface area contributed by atoms with Gasteiger partial charge in [-0.1, -0.05) is 6.07 Å². The quantitative estimate of drug-likeness (QED) is 0.862. The smallest absolute Gasteiger partial charge is 0.242 e. The molecule has 0 radical (unpaired) electrons. The van der Waals surface area contributed by atoms with E-state index >= 15 is 0 Å². The summed E-state index contributed by atoms with van der Waals surface area (Å²) in [5.74, 6) is -2.58. The first kappa shape index (κ1) is 17.8. The van der Waals surface area contributed by atoms with Gasteiger partial charge in [0.05, 0.1) is 6.04 Å². The van der Waals surface area contributed by atoms with Crippen LogP contribution in [0.25, 0.3) is 0 Å². The lowest BCUT2D eigenvalue weighted by Gasteiger charge is -2.35. The minimum absolute atomic E-state index is 0.183. The van der Waals surface area contributed by atoms with Gasteiger partial charge in [0.15, 0.2) is 26.2 Å². The zero-order valence-corrected chi connectivity index (χ0v) is 13.8. The fraction of sp³-hybridized carbons (Fsp3) is 0.533. The number of carbonyl (C=O) groups is 1. The first-order valence-electron chi connectivity index (χ1n) is 7.33. The van der Waals surface area contributed by atoms with E-state index in [2.05, 4.69) is 10.6 Å². The normalized spacial score (nSPS) is 19.1. The molecule has 0 bridgehead atoms. The molecule has 1 saturated heterocycles. The van der Waals surface area contributed by atoms with Crippen LogP contribution in [0, 0.1) is 11.6 Å². The van der Waals surface area contributed by atoms with E-state index in [-0.39, 0.29) is 12.8 Å². The van der Waals surface area contributed by atoms with Crippen molar-refractivity contribution in [1.82, 2.24) is 10.6 Å². The van der Waals surface area contributed by atoms with E-state index in [0.717, 1.165) is 18.4 Å². The van der Waals surface area contributed by atoms with Crippen molar-refractivity contribution in [2.24, 2.45) is 0 Å². The van der Waals surface area contributed by atoms with E-state index in [0.29, 0.717) is 18.7 Å². The molecule has 0 spiro atoms. The predicted octanol–water partition coefficient (Wildman–Crippen LogP) is 1.31. The van der Waals surface area contributed by atoms with Gasteiger partial charge < -0.3 is 10.6 Å². The fourth-order valence-electron chi connectivity index (χ4n) is 2.79. The van der Waals surface area contributed by atoms with Gasteiger partial charge in [0, 0.05) is 6.26 Å². The Morgan fingerprint density at radius 2 is 1.87 bits per heavy atom. The Kier molecular flexibility index (Phi) is 5.05. The summed E-state index contributed by atoms with van der Waals surface area (Å²) in [4.78, 5) is 12.6. The molecular weight excluding hydrogens is 326 g/mol. The van der Waals surface area contributed by atoms with E-state index < -0.39 is 38.2 Å². The zero-order chi connectivity index (χ0) is 17.3. The number of amides is 1.